The molecule has 128 valence electrons. The molecule has 0 aromatic heterocycles. The van der Waals surface area contributed by atoms with Crippen LogP contribution in [0.5, 0.6) is 0 Å². The molecule has 0 radical (unpaired) electrons. The Morgan fingerprint density at radius 3 is 2.59 bits per heavy atom. The lowest BCUT2D eigenvalue weighted by atomic mass is 9.89. The number of rotatable bonds is 4. The molecule has 3 rings (SSSR count). The summed E-state index contributed by atoms with van der Waals surface area (Å²) in [5.74, 6) is 1.89. The van der Waals surface area contributed by atoms with Gasteiger partial charge in [0.15, 0.2) is 5.96 Å². The average molecular weight is 422 g/mol. The van der Waals surface area contributed by atoms with Gasteiger partial charge in [-0.05, 0) is 38.3 Å². The Hall–Kier alpha value is -0.0800. The Bertz CT molecular complexity index is 380. The van der Waals surface area contributed by atoms with Gasteiger partial charge in [-0.25, -0.2) is 0 Å². The standard InChI is InChI=1S/C16H30N4O.HI/c1-16(12-21-13-16)11-18-15(17-2)20-8-5-14(10-20)9-19-6-3-4-7-19;/h14H,3-13H2,1-2H3,(H,17,18);1H. The Morgan fingerprint density at radius 2 is 2.00 bits per heavy atom. The number of likely N-dealkylation sites (tertiary alicyclic amines) is 2. The molecule has 6 heteroatoms. The highest BCUT2D eigenvalue weighted by atomic mass is 127. The quantitative estimate of drug-likeness (QED) is 0.425. The van der Waals surface area contributed by atoms with Gasteiger partial charge in [-0.15, -0.1) is 24.0 Å². The van der Waals surface area contributed by atoms with Crippen LogP contribution < -0.4 is 5.32 Å². The van der Waals surface area contributed by atoms with E-state index in [0.29, 0.717) is 5.41 Å². The summed E-state index contributed by atoms with van der Waals surface area (Å²) >= 11 is 0. The van der Waals surface area contributed by atoms with E-state index in [2.05, 4.69) is 27.0 Å². The minimum Gasteiger partial charge on any atom is -0.380 e. The van der Waals surface area contributed by atoms with Crippen LogP contribution in [0.4, 0.5) is 0 Å². The summed E-state index contributed by atoms with van der Waals surface area (Å²) < 4.78 is 5.32. The highest BCUT2D eigenvalue weighted by molar-refractivity contribution is 14.0. The predicted molar refractivity (Wildman–Crippen MR) is 101 cm³/mol. The molecule has 1 unspecified atom stereocenters. The number of ether oxygens (including phenoxy) is 1. The molecule has 0 amide bonds. The summed E-state index contributed by atoms with van der Waals surface area (Å²) in [6.45, 7) is 11.2. The summed E-state index contributed by atoms with van der Waals surface area (Å²) in [6, 6.07) is 0. The second-order valence-electron chi connectivity index (χ2n) is 7.31. The summed E-state index contributed by atoms with van der Waals surface area (Å²) in [6.07, 6.45) is 4.08. The van der Waals surface area contributed by atoms with Gasteiger partial charge >= 0.3 is 0 Å². The number of hydrogen-bond donors (Lipinski definition) is 1. The van der Waals surface area contributed by atoms with Crippen LogP contribution in [0.1, 0.15) is 26.2 Å². The second-order valence-corrected chi connectivity index (χ2v) is 7.31. The van der Waals surface area contributed by atoms with Crippen molar-refractivity contribution in [3.8, 4) is 0 Å². The van der Waals surface area contributed by atoms with Gasteiger partial charge in [0, 0.05) is 38.6 Å². The SMILES string of the molecule is CN=C(NCC1(C)COC1)N1CCC(CN2CCCC2)C1.I. The lowest BCUT2D eigenvalue weighted by Crippen LogP contribution is -2.51. The third-order valence-electron chi connectivity index (χ3n) is 5.09. The summed E-state index contributed by atoms with van der Waals surface area (Å²) in [5.41, 5.74) is 0.296. The molecule has 3 saturated heterocycles. The molecule has 22 heavy (non-hydrogen) atoms. The minimum absolute atomic E-state index is 0. The van der Waals surface area contributed by atoms with Crippen LogP contribution in [0.3, 0.4) is 0 Å². The van der Waals surface area contributed by atoms with E-state index in [1.165, 1.54) is 38.9 Å². The number of nitrogens with one attached hydrogen (secondary N) is 1. The summed E-state index contributed by atoms with van der Waals surface area (Å²) in [5, 5.41) is 3.55. The van der Waals surface area contributed by atoms with Crippen molar-refractivity contribution in [3.05, 3.63) is 0 Å². The molecule has 3 aliphatic heterocycles. The molecular formula is C16H31IN4O. The monoisotopic (exact) mass is 422 g/mol. The van der Waals surface area contributed by atoms with Crippen molar-refractivity contribution < 1.29 is 4.74 Å². The predicted octanol–water partition coefficient (Wildman–Crippen LogP) is 1.63. The van der Waals surface area contributed by atoms with Crippen LogP contribution in [-0.2, 0) is 4.74 Å². The van der Waals surface area contributed by atoms with Crippen LogP contribution in [0.15, 0.2) is 4.99 Å². The maximum atomic E-state index is 5.32. The molecule has 1 atom stereocenters. The smallest absolute Gasteiger partial charge is 0.193 e. The van der Waals surface area contributed by atoms with E-state index in [1.807, 2.05) is 7.05 Å². The first-order valence-corrected chi connectivity index (χ1v) is 8.44. The van der Waals surface area contributed by atoms with E-state index >= 15 is 0 Å². The number of hydrogen-bond acceptors (Lipinski definition) is 3. The Balaban J connectivity index is 0.00000176. The van der Waals surface area contributed by atoms with E-state index in [1.54, 1.807) is 0 Å². The minimum atomic E-state index is 0. The maximum Gasteiger partial charge on any atom is 0.193 e. The van der Waals surface area contributed by atoms with Crippen LogP contribution in [0.2, 0.25) is 0 Å². The van der Waals surface area contributed by atoms with Gasteiger partial charge in [0.1, 0.15) is 0 Å². The molecule has 3 aliphatic rings. The fourth-order valence-corrected chi connectivity index (χ4v) is 3.68. The molecule has 0 aromatic carbocycles. The molecule has 0 spiro atoms. The zero-order valence-corrected chi connectivity index (χ0v) is 16.3. The first kappa shape index (κ1) is 18.3. The fraction of sp³-hybridized carbons (Fsp3) is 0.938. The number of aliphatic imine (C=N–C) groups is 1. The first-order valence-electron chi connectivity index (χ1n) is 8.44. The average Bonchev–Trinajstić information content (AvgIpc) is 3.10. The van der Waals surface area contributed by atoms with Crippen molar-refractivity contribution in [2.24, 2.45) is 16.3 Å². The Labute approximate surface area is 151 Å². The van der Waals surface area contributed by atoms with Crippen LogP contribution in [0, 0.1) is 11.3 Å². The third-order valence-corrected chi connectivity index (χ3v) is 5.09. The van der Waals surface area contributed by atoms with E-state index in [9.17, 15) is 0 Å². The number of halogens is 1. The normalized spacial score (nSPS) is 28.4. The van der Waals surface area contributed by atoms with Crippen molar-refractivity contribution in [3.63, 3.8) is 0 Å². The van der Waals surface area contributed by atoms with Gasteiger partial charge in [0.25, 0.3) is 0 Å². The van der Waals surface area contributed by atoms with E-state index in [-0.39, 0.29) is 24.0 Å². The van der Waals surface area contributed by atoms with E-state index in [4.69, 9.17) is 4.74 Å². The summed E-state index contributed by atoms with van der Waals surface area (Å²) in [7, 11) is 1.90. The zero-order valence-electron chi connectivity index (χ0n) is 14.0. The molecule has 0 bridgehead atoms. The molecule has 3 fully saturated rings. The second kappa shape index (κ2) is 8.15. The van der Waals surface area contributed by atoms with Crippen molar-refractivity contribution in [1.82, 2.24) is 15.1 Å². The molecule has 5 nitrogen and oxygen atoms in total. The Kier molecular flexibility index (Phi) is 6.76. The van der Waals surface area contributed by atoms with Crippen LogP contribution in [-0.4, -0.2) is 75.3 Å². The van der Waals surface area contributed by atoms with Gasteiger partial charge in [-0.1, -0.05) is 6.92 Å². The number of guanidine groups is 1. The lowest BCUT2D eigenvalue weighted by Gasteiger charge is -2.39. The molecule has 0 aromatic rings. The highest BCUT2D eigenvalue weighted by Crippen LogP contribution is 2.25. The topological polar surface area (TPSA) is 40.1 Å². The van der Waals surface area contributed by atoms with Crippen LogP contribution in [0.25, 0.3) is 0 Å². The zero-order chi connectivity index (χ0) is 14.7. The van der Waals surface area contributed by atoms with Gasteiger partial charge in [0.2, 0.25) is 0 Å². The largest absolute Gasteiger partial charge is 0.380 e. The van der Waals surface area contributed by atoms with Crippen LogP contribution >= 0.6 is 24.0 Å². The lowest BCUT2D eigenvalue weighted by molar-refractivity contribution is -0.0972. The van der Waals surface area contributed by atoms with Gasteiger partial charge in [-0.2, -0.15) is 0 Å². The molecule has 3 heterocycles. The van der Waals surface area contributed by atoms with Crippen molar-refractivity contribution in [1.29, 1.82) is 0 Å². The molecule has 0 saturated carbocycles. The highest BCUT2D eigenvalue weighted by Gasteiger charge is 2.34. The number of nitrogens with zero attached hydrogens (tertiary/aromatic N) is 3. The van der Waals surface area contributed by atoms with Gasteiger partial charge < -0.3 is 19.9 Å². The fourth-order valence-electron chi connectivity index (χ4n) is 3.68. The summed E-state index contributed by atoms with van der Waals surface area (Å²) in [4.78, 5) is 9.54. The molecule has 0 aliphatic carbocycles. The molecular weight excluding hydrogens is 391 g/mol. The third kappa shape index (κ3) is 4.47. The van der Waals surface area contributed by atoms with E-state index < -0.39 is 0 Å². The van der Waals surface area contributed by atoms with Crippen molar-refractivity contribution in [2.45, 2.75) is 26.2 Å². The first-order chi connectivity index (χ1) is 10.2. The Morgan fingerprint density at radius 1 is 1.27 bits per heavy atom. The maximum absolute atomic E-state index is 5.32. The van der Waals surface area contributed by atoms with Crippen molar-refractivity contribution in [2.75, 3.05) is 59.5 Å². The van der Waals surface area contributed by atoms with Crippen molar-refractivity contribution >= 4 is 29.9 Å². The van der Waals surface area contributed by atoms with E-state index in [0.717, 1.165) is 44.7 Å². The van der Waals surface area contributed by atoms with Gasteiger partial charge in [-0.3, -0.25) is 4.99 Å². The molecule has 1 N–H and O–H groups in total. The van der Waals surface area contributed by atoms with Gasteiger partial charge in [0.05, 0.1) is 13.2 Å².